The van der Waals surface area contributed by atoms with Gasteiger partial charge in [0, 0.05) is 11.0 Å². The van der Waals surface area contributed by atoms with E-state index in [0.717, 1.165) is 34.3 Å². The molecule has 4 fully saturated rings. The monoisotopic (exact) mass is 347 g/mol. The number of carbonyl (C=O) groups excluding carboxylic acids is 1. The maximum absolute atomic E-state index is 12.4. The molecular weight excluding hydrogens is 326 g/mol. The zero-order chi connectivity index (χ0) is 14.4. The fourth-order valence-electron chi connectivity index (χ4n) is 5.51. The number of hydrogen-bond donors (Lipinski definition) is 1. The van der Waals surface area contributed by atoms with Gasteiger partial charge in [-0.2, -0.15) is 0 Å². The van der Waals surface area contributed by atoms with Gasteiger partial charge < -0.3 is 5.32 Å². The molecule has 0 atom stereocenters. The smallest absolute Gasteiger partial charge is 0.252 e. The lowest BCUT2D eigenvalue weighted by atomic mass is 9.49. The number of halogens is 1. The summed E-state index contributed by atoms with van der Waals surface area (Å²) < 4.78 is 0.882. The molecule has 5 rings (SSSR count). The highest BCUT2D eigenvalue weighted by molar-refractivity contribution is 9.10. The molecule has 2 nitrogen and oxygen atoms in total. The van der Waals surface area contributed by atoms with E-state index < -0.39 is 0 Å². The highest BCUT2D eigenvalue weighted by Gasteiger charge is 2.50. The second-order valence-electron chi connectivity index (χ2n) is 7.58. The van der Waals surface area contributed by atoms with Crippen molar-refractivity contribution < 1.29 is 4.79 Å². The fourth-order valence-corrected chi connectivity index (χ4v) is 5.98. The minimum Gasteiger partial charge on any atom is -0.351 e. The van der Waals surface area contributed by atoms with Gasteiger partial charge in [0.05, 0.1) is 5.56 Å². The molecule has 0 unspecified atom stereocenters. The summed E-state index contributed by atoms with van der Waals surface area (Å²) in [7, 11) is 0. The lowest BCUT2D eigenvalue weighted by molar-refractivity contribution is -0.0503. The third-order valence-electron chi connectivity index (χ3n) is 5.91. The van der Waals surface area contributed by atoms with E-state index in [4.69, 9.17) is 0 Å². The van der Waals surface area contributed by atoms with Crippen LogP contribution < -0.4 is 5.32 Å². The number of nitrogens with one attached hydrogen (secondary N) is 1. The molecule has 0 aromatic heterocycles. The molecule has 0 spiro atoms. The Morgan fingerprint density at radius 2 is 1.67 bits per heavy atom. The van der Waals surface area contributed by atoms with Gasteiger partial charge in [-0.25, -0.2) is 0 Å². The van der Waals surface area contributed by atoms with Crippen LogP contribution in [-0.4, -0.2) is 12.5 Å². The van der Waals surface area contributed by atoms with Gasteiger partial charge in [0.2, 0.25) is 0 Å². The Bertz CT molecular complexity index is 533. The maximum Gasteiger partial charge on any atom is 0.252 e. The third kappa shape index (κ3) is 2.54. The maximum atomic E-state index is 12.4. The SMILES string of the molecule is O=C(NCC12CC3CC(CC(C3)C1)C2)c1ccccc1Br. The number of benzene rings is 1. The summed E-state index contributed by atoms with van der Waals surface area (Å²) in [4.78, 5) is 12.4. The van der Waals surface area contributed by atoms with Crippen molar-refractivity contribution in [1.82, 2.24) is 5.32 Å². The minimum atomic E-state index is 0.0678. The van der Waals surface area contributed by atoms with Crippen LogP contribution >= 0.6 is 15.9 Å². The summed E-state index contributed by atoms with van der Waals surface area (Å²) in [5.41, 5.74) is 1.16. The summed E-state index contributed by atoms with van der Waals surface area (Å²) in [6.45, 7) is 0.872. The molecule has 4 saturated carbocycles. The predicted octanol–water partition coefficient (Wildman–Crippen LogP) is 4.40. The molecule has 4 aliphatic rings. The van der Waals surface area contributed by atoms with Crippen molar-refractivity contribution in [2.45, 2.75) is 38.5 Å². The molecule has 21 heavy (non-hydrogen) atoms. The van der Waals surface area contributed by atoms with E-state index in [9.17, 15) is 4.79 Å². The quantitative estimate of drug-likeness (QED) is 0.862. The van der Waals surface area contributed by atoms with E-state index in [0.29, 0.717) is 5.41 Å². The zero-order valence-electron chi connectivity index (χ0n) is 12.3. The average molecular weight is 348 g/mol. The first-order valence-corrected chi connectivity index (χ1v) is 8.96. The Balaban J connectivity index is 1.45. The van der Waals surface area contributed by atoms with Crippen LogP contribution in [0.2, 0.25) is 0 Å². The van der Waals surface area contributed by atoms with E-state index >= 15 is 0 Å². The molecular formula is C18H22BrNO. The van der Waals surface area contributed by atoms with Crippen LogP contribution in [0.4, 0.5) is 0 Å². The van der Waals surface area contributed by atoms with Crippen molar-refractivity contribution in [2.75, 3.05) is 6.54 Å². The van der Waals surface area contributed by atoms with E-state index in [1.165, 1.54) is 38.5 Å². The highest BCUT2D eigenvalue weighted by Crippen LogP contribution is 2.59. The summed E-state index contributed by atoms with van der Waals surface area (Å²) in [5, 5.41) is 3.23. The summed E-state index contributed by atoms with van der Waals surface area (Å²) >= 11 is 3.47. The van der Waals surface area contributed by atoms with E-state index in [1.807, 2.05) is 24.3 Å². The van der Waals surface area contributed by atoms with Crippen molar-refractivity contribution in [3.63, 3.8) is 0 Å². The van der Waals surface area contributed by atoms with Crippen LogP contribution in [0.5, 0.6) is 0 Å². The molecule has 0 heterocycles. The van der Waals surface area contributed by atoms with E-state index in [-0.39, 0.29) is 5.91 Å². The second kappa shape index (κ2) is 5.12. The normalized spacial score (nSPS) is 36.7. The van der Waals surface area contributed by atoms with Crippen LogP contribution in [0.15, 0.2) is 28.7 Å². The topological polar surface area (TPSA) is 29.1 Å². The van der Waals surface area contributed by atoms with Crippen molar-refractivity contribution in [2.24, 2.45) is 23.2 Å². The van der Waals surface area contributed by atoms with Crippen LogP contribution in [0.1, 0.15) is 48.9 Å². The Hall–Kier alpha value is -0.830. The molecule has 0 aliphatic heterocycles. The first-order valence-electron chi connectivity index (χ1n) is 8.16. The Morgan fingerprint density at radius 3 is 2.24 bits per heavy atom. The third-order valence-corrected chi connectivity index (χ3v) is 6.60. The molecule has 1 amide bonds. The molecule has 3 heteroatoms. The summed E-state index contributed by atoms with van der Waals surface area (Å²) in [6, 6.07) is 7.68. The van der Waals surface area contributed by atoms with Gasteiger partial charge in [-0.1, -0.05) is 12.1 Å². The Morgan fingerprint density at radius 1 is 1.10 bits per heavy atom. The second-order valence-corrected chi connectivity index (χ2v) is 8.43. The van der Waals surface area contributed by atoms with Crippen LogP contribution in [0.25, 0.3) is 0 Å². The zero-order valence-corrected chi connectivity index (χ0v) is 13.9. The van der Waals surface area contributed by atoms with Gasteiger partial charge >= 0.3 is 0 Å². The predicted molar refractivity (Wildman–Crippen MR) is 87.1 cm³/mol. The lowest BCUT2D eigenvalue weighted by Gasteiger charge is -2.56. The molecule has 0 radical (unpaired) electrons. The van der Waals surface area contributed by atoms with Gasteiger partial charge in [0.1, 0.15) is 0 Å². The molecule has 4 aliphatic carbocycles. The van der Waals surface area contributed by atoms with Gasteiger partial charge in [-0.15, -0.1) is 0 Å². The first kappa shape index (κ1) is 13.8. The van der Waals surface area contributed by atoms with Gasteiger partial charge in [-0.3, -0.25) is 4.79 Å². The van der Waals surface area contributed by atoms with E-state index in [1.54, 1.807) is 0 Å². The molecule has 1 N–H and O–H groups in total. The first-order chi connectivity index (χ1) is 10.1. The van der Waals surface area contributed by atoms with Gasteiger partial charge in [0.15, 0.2) is 0 Å². The van der Waals surface area contributed by atoms with Crippen LogP contribution in [0.3, 0.4) is 0 Å². The molecule has 1 aromatic rings. The van der Waals surface area contributed by atoms with Crippen molar-refractivity contribution in [1.29, 1.82) is 0 Å². The molecule has 0 saturated heterocycles. The number of hydrogen-bond acceptors (Lipinski definition) is 1. The van der Waals surface area contributed by atoms with Crippen molar-refractivity contribution in [3.05, 3.63) is 34.3 Å². The Labute approximate surface area is 134 Å². The largest absolute Gasteiger partial charge is 0.351 e. The minimum absolute atomic E-state index is 0.0678. The van der Waals surface area contributed by atoms with Crippen molar-refractivity contribution in [3.8, 4) is 0 Å². The van der Waals surface area contributed by atoms with E-state index in [2.05, 4.69) is 21.2 Å². The number of amides is 1. The van der Waals surface area contributed by atoms with Crippen LogP contribution in [0, 0.1) is 23.2 Å². The Kier molecular flexibility index (Phi) is 3.36. The lowest BCUT2D eigenvalue weighted by Crippen LogP contribution is -2.51. The summed E-state index contributed by atoms with van der Waals surface area (Å²) in [5.74, 6) is 2.89. The summed E-state index contributed by atoms with van der Waals surface area (Å²) in [6.07, 6.45) is 8.39. The van der Waals surface area contributed by atoms with Crippen LogP contribution in [-0.2, 0) is 0 Å². The molecule has 1 aromatic carbocycles. The van der Waals surface area contributed by atoms with Gasteiger partial charge in [0.25, 0.3) is 5.91 Å². The van der Waals surface area contributed by atoms with Gasteiger partial charge in [-0.05, 0) is 89.8 Å². The fraction of sp³-hybridized carbons (Fsp3) is 0.611. The molecule has 112 valence electrons. The average Bonchev–Trinajstić information content (AvgIpc) is 2.44. The highest BCUT2D eigenvalue weighted by atomic mass is 79.9. The van der Waals surface area contributed by atoms with Crippen molar-refractivity contribution >= 4 is 21.8 Å². The standard InChI is InChI=1S/C18H22BrNO/c19-16-4-2-1-3-15(16)17(21)20-11-18-8-12-5-13(9-18)7-14(6-12)10-18/h1-4,12-14H,5-11H2,(H,20,21). The number of carbonyl (C=O) groups is 1. The molecule has 4 bridgehead atoms. The number of rotatable bonds is 3.